The second-order valence-corrected chi connectivity index (χ2v) is 7.70. The molecule has 3 heteroatoms. The van der Waals surface area contributed by atoms with E-state index in [0.29, 0.717) is 5.69 Å². The summed E-state index contributed by atoms with van der Waals surface area (Å²) in [6.07, 6.45) is 0. The van der Waals surface area contributed by atoms with Crippen molar-refractivity contribution in [2.24, 2.45) is 0 Å². The van der Waals surface area contributed by atoms with Crippen LogP contribution in [0.25, 0.3) is 49.4 Å². The minimum atomic E-state index is 0.582. The third-order valence-corrected chi connectivity index (χ3v) is 6.02. The predicted molar refractivity (Wildman–Crippen MR) is 128 cm³/mol. The normalized spacial score (nSPS) is 11.4. The highest BCUT2D eigenvalue weighted by Gasteiger charge is 2.19. The standard InChI is InChI=1S/C28H18N2O/c31-29-26-16-8-6-13-21(26)24-18-25-22-14-7-9-17-27(22)30(19-10-2-1-3-11-19)28(25)23-15-5-4-12-20(23)24/h1-18H/p+1. The number of nitroso groups, excluding NO2 is 1. The van der Waals surface area contributed by atoms with Crippen molar-refractivity contribution in [3.63, 3.8) is 0 Å². The molecule has 1 heterocycles. The summed E-state index contributed by atoms with van der Waals surface area (Å²) >= 11 is 0. The van der Waals surface area contributed by atoms with Gasteiger partial charge in [-0.25, -0.2) is 0 Å². The first kappa shape index (κ1) is 17.6. The molecule has 0 bridgehead atoms. The zero-order valence-electron chi connectivity index (χ0n) is 16.7. The van der Waals surface area contributed by atoms with Crippen molar-refractivity contribution < 1.29 is 5.18 Å². The van der Waals surface area contributed by atoms with Crippen molar-refractivity contribution in [3.05, 3.63) is 114 Å². The fourth-order valence-corrected chi connectivity index (χ4v) is 4.70. The molecule has 6 rings (SSSR count). The highest BCUT2D eigenvalue weighted by Crippen LogP contribution is 2.41. The van der Waals surface area contributed by atoms with Gasteiger partial charge in [0.25, 0.3) is 5.69 Å². The molecule has 0 aliphatic rings. The van der Waals surface area contributed by atoms with Crippen LogP contribution in [-0.4, -0.2) is 4.57 Å². The maximum atomic E-state index is 11.7. The van der Waals surface area contributed by atoms with Gasteiger partial charge >= 0.3 is 0 Å². The topological polar surface area (TPSA) is 36.0 Å². The average molecular weight is 399 g/mol. The SMILES string of the molecule is O=[NH+]c1ccccc1-c1cc2c3ccccc3n(-c3ccccc3)c2c2ccccc12. The smallest absolute Gasteiger partial charge is 0.261 e. The van der Waals surface area contributed by atoms with Gasteiger partial charge in [-0.05, 0) is 41.3 Å². The van der Waals surface area contributed by atoms with Crippen LogP contribution in [0, 0.1) is 4.91 Å². The number of fused-ring (bicyclic) bond motifs is 5. The average Bonchev–Trinajstić information content (AvgIpc) is 3.19. The molecule has 31 heavy (non-hydrogen) atoms. The molecule has 146 valence electrons. The van der Waals surface area contributed by atoms with E-state index in [9.17, 15) is 4.91 Å². The van der Waals surface area contributed by atoms with Gasteiger partial charge < -0.3 is 4.57 Å². The third-order valence-electron chi connectivity index (χ3n) is 6.02. The number of aromatic nitrogens is 1. The van der Waals surface area contributed by atoms with E-state index in [1.165, 1.54) is 21.8 Å². The molecule has 0 saturated heterocycles. The molecular formula is C28H19N2O+. The number of para-hydroxylation sites is 3. The number of nitrogens with zero attached hydrogens (tertiary/aromatic N) is 1. The zero-order valence-corrected chi connectivity index (χ0v) is 16.7. The molecule has 3 nitrogen and oxygen atoms in total. The quantitative estimate of drug-likeness (QED) is 0.384. The lowest BCUT2D eigenvalue weighted by Gasteiger charge is -2.12. The molecule has 1 N–H and O–H groups in total. The minimum Gasteiger partial charge on any atom is -0.309 e. The molecule has 0 fully saturated rings. The Morgan fingerprint density at radius 1 is 0.548 bits per heavy atom. The number of nitrogens with one attached hydrogen (secondary N) is 1. The summed E-state index contributed by atoms with van der Waals surface area (Å²) in [7, 11) is 0. The Bertz CT molecular complexity index is 1600. The van der Waals surface area contributed by atoms with E-state index < -0.39 is 0 Å². The van der Waals surface area contributed by atoms with Crippen LogP contribution < -0.4 is 5.18 Å². The fourth-order valence-electron chi connectivity index (χ4n) is 4.70. The Labute approximate surface area is 179 Å². The zero-order chi connectivity index (χ0) is 20.8. The van der Waals surface area contributed by atoms with Gasteiger partial charge in [-0.2, -0.15) is 0 Å². The van der Waals surface area contributed by atoms with Gasteiger partial charge in [0.2, 0.25) is 0 Å². The van der Waals surface area contributed by atoms with Crippen LogP contribution in [0.4, 0.5) is 5.69 Å². The van der Waals surface area contributed by atoms with Gasteiger partial charge in [-0.3, -0.25) is 0 Å². The molecule has 0 saturated carbocycles. The van der Waals surface area contributed by atoms with Crippen LogP contribution in [0.3, 0.4) is 0 Å². The number of hydrogen-bond donors (Lipinski definition) is 1. The van der Waals surface area contributed by atoms with E-state index >= 15 is 0 Å². The summed E-state index contributed by atoms with van der Waals surface area (Å²) in [4.78, 5) is 11.7. The highest BCUT2D eigenvalue weighted by atomic mass is 16.3. The summed E-state index contributed by atoms with van der Waals surface area (Å²) in [6.45, 7) is 0. The predicted octanol–water partition coefficient (Wildman–Crippen LogP) is 6.08. The van der Waals surface area contributed by atoms with Crippen molar-refractivity contribution in [2.75, 3.05) is 0 Å². The van der Waals surface area contributed by atoms with E-state index in [1.807, 2.05) is 30.3 Å². The lowest BCUT2D eigenvalue weighted by atomic mass is 9.94. The molecule has 1 aromatic heterocycles. The van der Waals surface area contributed by atoms with Crippen LogP contribution in [-0.2, 0) is 0 Å². The molecule has 0 aliphatic heterocycles. The van der Waals surface area contributed by atoms with Gasteiger partial charge in [0.15, 0.2) is 0 Å². The van der Waals surface area contributed by atoms with Crippen molar-refractivity contribution >= 4 is 38.3 Å². The first-order chi connectivity index (χ1) is 15.4. The summed E-state index contributed by atoms with van der Waals surface area (Å²) in [6, 6.07) is 37.4. The summed E-state index contributed by atoms with van der Waals surface area (Å²) in [5.41, 5.74) is 6.03. The highest BCUT2D eigenvalue weighted by molar-refractivity contribution is 6.22. The van der Waals surface area contributed by atoms with Gasteiger partial charge in [0.1, 0.15) is 0 Å². The lowest BCUT2D eigenvalue weighted by molar-refractivity contribution is -0.378. The van der Waals surface area contributed by atoms with Crippen molar-refractivity contribution in [1.82, 2.24) is 4.57 Å². The number of hydrogen-bond acceptors (Lipinski definition) is 1. The van der Waals surface area contributed by atoms with E-state index in [0.717, 1.165) is 27.6 Å². The summed E-state index contributed by atoms with van der Waals surface area (Å²) < 4.78 is 2.34. The summed E-state index contributed by atoms with van der Waals surface area (Å²) in [5.74, 6) is 0. The molecule has 6 aromatic rings. The molecule has 0 radical (unpaired) electrons. The number of rotatable bonds is 3. The van der Waals surface area contributed by atoms with Crippen LogP contribution in [0.1, 0.15) is 0 Å². The third kappa shape index (κ3) is 2.60. The van der Waals surface area contributed by atoms with Gasteiger partial charge in [0, 0.05) is 38.0 Å². The van der Waals surface area contributed by atoms with Crippen LogP contribution in [0.15, 0.2) is 109 Å². The van der Waals surface area contributed by atoms with E-state index in [1.54, 1.807) is 0 Å². The molecule has 0 atom stereocenters. The van der Waals surface area contributed by atoms with E-state index in [2.05, 4.69) is 88.6 Å². The first-order valence-electron chi connectivity index (χ1n) is 10.3. The fraction of sp³-hybridized carbons (Fsp3) is 0. The largest absolute Gasteiger partial charge is 0.309 e. The Morgan fingerprint density at radius 2 is 1.19 bits per heavy atom. The minimum absolute atomic E-state index is 0.582. The second kappa shape index (κ2) is 6.92. The Morgan fingerprint density at radius 3 is 2.00 bits per heavy atom. The molecule has 0 amide bonds. The van der Waals surface area contributed by atoms with Gasteiger partial charge in [-0.15, -0.1) is 0 Å². The van der Waals surface area contributed by atoms with Crippen molar-refractivity contribution in [1.29, 1.82) is 0 Å². The van der Waals surface area contributed by atoms with Crippen molar-refractivity contribution in [2.45, 2.75) is 0 Å². The van der Waals surface area contributed by atoms with Gasteiger partial charge in [-0.1, -0.05) is 72.8 Å². The van der Waals surface area contributed by atoms with Crippen LogP contribution in [0.2, 0.25) is 0 Å². The van der Waals surface area contributed by atoms with E-state index in [-0.39, 0.29) is 0 Å². The first-order valence-corrected chi connectivity index (χ1v) is 10.3. The molecule has 5 aromatic carbocycles. The lowest BCUT2D eigenvalue weighted by Crippen LogP contribution is -2.56. The van der Waals surface area contributed by atoms with E-state index in [4.69, 9.17) is 0 Å². The monoisotopic (exact) mass is 399 g/mol. The molecule has 0 unspecified atom stereocenters. The molecule has 0 spiro atoms. The maximum absolute atomic E-state index is 11.7. The van der Waals surface area contributed by atoms with Crippen molar-refractivity contribution in [3.8, 4) is 16.8 Å². The second-order valence-electron chi connectivity index (χ2n) is 7.70. The Kier molecular flexibility index (Phi) is 3.93. The Hall–Kier alpha value is -4.24. The molecule has 0 aliphatic carbocycles. The van der Waals surface area contributed by atoms with Crippen LogP contribution >= 0.6 is 0 Å². The molecular weight excluding hydrogens is 380 g/mol. The summed E-state index contributed by atoms with van der Waals surface area (Å²) in [5, 5.41) is 6.78. The Balaban J connectivity index is 1.86. The maximum Gasteiger partial charge on any atom is 0.261 e. The van der Waals surface area contributed by atoms with Crippen LogP contribution in [0.5, 0.6) is 0 Å². The number of benzene rings is 5. The van der Waals surface area contributed by atoms with Gasteiger partial charge in [0.05, 0.1) is 16.6 Å².